The van der Waals surface area contributed by atoms with Crippen LogP contribution in [0.15, 0.2) is 48.5 Å². The van der Waals surface area contributed by atoms with E-state index >= 15 is 0 Å². The Bertz CT molecular complexity index is 1020. The van der Waals surface area contributed by atoms with Crippen molar-refractivity contribution in [1.29, 1.82) is 5.26 Å². The lowest BCUT2D eigenvalue weighted by molar-refractivity contribution is -0.127. The Kier molecular flexibility index (Phi) is 8.17. The molecule has 2 atom stereocenters. The number of amides is 1. The summed E-state index contributed by atoms with van der Waals surface area (Å²) in [5.74, 6) is -0.219. The van der Waals surface area contributed by atoms with Gasteiger partial charge in [0.05, 0.1) is 11.6 Å². The molecule has 1 saturated heterocycles. The molecule has 35 heavy (non-hydrogen) atoms. The van der Waals surface area contributed by atoms with E-state index in [0.717, 1.165) is 62.1 Å². The highest BCUT2D eigenvalue weighted by atomic mass is 19.1. The summed E-state index contributed by atoms with van der Waals surface area (Å²) in [4.78, 5) is 16.8. The summed E-state index contributed by atoms with van der Waals surface area (Å²) in [5, 5.41) is 12.4. The minimum absolute atomic E-state index is 0.219. The van der Waals surface area contributed by atoms with Gasteiger partial charge in [0.1, 0.15) is 6.04 Å². The summed E-state index contributed by atoms with van der Waals surface area (Å²) in [6, 6.07) is 17.2. The van der Waals surface area contributed by atoms with Crippen LogP contribution in [0.5, 0.6) is 0 Å². The number of hydrogen-bond donors (Lipinski definition) is 2. The highest BCUT2D eigenvalue weighted by Gasteiger charge is 2.36. The van der Waals surface area contributed by atoms with Crippen LogP contribution in [0.4, 0.5) is 4.39 Å². The molecule has 1 aliphatic carbocycles. The van der Waals surface area contributed by atoms with Crippen molar-refractivity contribution in [3.8, 4) is 17.2 Å². The van der Waals surface area contributed by atoms with Crippen LogP contribution in [-0.4, -0.2) is 60.5 Å². The number of piperazine rings is 1. The molecule has 4 rings (SSSR count). The maximum Gasteiger partial charge on any atom is 0.241 e. The van der Waals surface area contributed by atoms with Crippen LogP contribution in [0.25, 0.3) is 11.1 Å². The third-order valence-electron chi connectivity index (χ3n) is 7.43. The number of halogens is 1. The summed E-state index contributed by atoms with van der Waals surface area (Å²) < 4.78 is 15.0. The van der Waals surface area contributed by atoms with Crippen molar-refractivity contribution < 1.29 is 9.18 Å². The van der Waals surface area contributed by atoms with Gasteiger partial charge in [-0.15, -0.1) is 0 Å². The van der Waals surface area contributed by atoms with Crippen LogP contribution in [0.1, 0.15) is 49.5 Å². The SMILES string of the molecule is CN1CCN(C(F)c2ccc(-c3ccc(C[C@@H](C#N)NC(=O)C4(N)CCCCC4)cc3)cc2)CC1. The zero-order valence-electron chi connectivity index (χ0n) is 20.5. The van der Waals surface area contributed by atoms with Gasteiger partial charge in [-0.2, -0.15) is 5.26 Å². The predicted molar refractivity (Wildman–Crippen MR) is 136 cm³/mol. The molecule has 186 valence electrons. The summed E-state index contributed by atoms with van der Waals surface area (Å²) in [7, 11) is 2.06. The van der Waals surface area contributed by atoms with E-state index in [9.17, 15) is 14.4 Å². The fraction of sp³-hybridized carbons (Fsp3) is 0.500. The molecular weight excluding hydrogens is 441 g/mol. The molecule has 0 bridgehead atoms. The topological polar surface area (TPSA) is 85.4 Å². The second-order valence-electron chi connectivity index (χ2n) is 10.1. The Labute approximate surface area is 207 Å². The molecule has 2 aliphatic rings. The van der Waals surface area contributed by atoms with Crippen molar-refractivity contribution in [1.82, 2.24) is 15.1 Å². The standard InChI is InChI=1S/C28H36FN5O/c1-33-15-17-34(18-16-33)26(29)24-11-9-23(10-12-24)22-7-5-21(6-8-22)19-25(20-30)32-27(35)28(31)13-3-2-4-14-28/h5-12,25-26H,2-4,13-19,31H2,1H3,(H,32,35)/t25-,26?/m0/s1. The first-order valence-corrected chi connectivity index (χ1v) is 12.6. The minimum atomic E-state index is -1.08. The fourth-order valence-corrected chi connectivity index (χ4v) is 5.00. The molecule has 2 aromatic carbocycles. The van der Waals surface area contributed by atoms with E-state index in [1.165, 1.54) is 0 Å². The smallest absolute Gasteiger partial charge is 0.241 e. The second-order valence-corrected chi connectivity index (χ2v) is 10.1. The van der Waals surface area contributed by atoms with E-state index in [2.05, 4.69) is 23.3 Å². The minimum Gasteiger partial charge on any atom is -0.338 e. The predicted octanol–water partition coefficient (Wildman–Crippen LogP) is 3.78. The first kappa shape index (κ1) is 25.3. The number of carbonyl (C=O) groups excluding carboxylic acids is 1. The van der Waals surface area contributed by atoms with E-state index in [1.54, 1.807) is 0 Å². The van der Waals surface area contributed by atoms with Crippen LogP contribution in [0.3, 0.4) is 0 Å². The molecule has 1 unspecified atom stereocenters. The number of carbonyl (C=O) groups is 1. The molecule has 0 aromatic heterocycles. The maximum absolute atomic E-state index is 15.0. The molecule has 1 saturated carbocycles. The van der Waals surface area contributed by atoms with E-state index in [-0.39, 0.29) is 5.91 Å². The van der Waals surface area contributed by atoms with Gasteiger partial charge in [0.2, 0.25) is 5.91 Å². The van der Waals surface area contributed by atoms with Crippen LogP contribution < -0.4 is 11.1 Å². The van der Waals surface area contributed by atoms with Gasteiger partial charge < -0.3 is 16.0 Å². The summed E-state index contributed by atoms with van der Waals surface area (Å²) >= 11 is 0. The average Bonchev–Trinajstić information content (AvgIpc) is 2.89. The van der Waals surface area contributed by atoms with Crippen LogP contribution in [0, 0.1) is 11.3 Å². The van der Waals surface area contributed by atoms with Gasteiger partial charge in [0.15, 0.2) is 6.30 Å². The highest BCUT2D eigenvalue weighted by Crippen LogP contribution is 2.28. The zero-order valence-corrected chi connectivity index (χ0v) is 20.5. The first-order valence-electron chi connectivity index (χ1n) is 12.6. The average molecular weight is 478 g/mol. The molecule has 6 nitrogen and oxygen atoms in total. The Hall–Kier alpha value is -2.79. The fourth-order valence-electron chi connectivity index (χ4n) is 5.00. The molecule has 3 N–H and O–H groups in total. The van der Waals surface area contributed by atoms with Crippen molar-refractivity contribution in [3.63, 3.8) is 0 Å². The van der Waals surface area contributed by atoms with E-state index in [4.69, 9.17) is 5.73 Å². The van der Waals surface area contributed by atoms with Gasteiger partial charge in [-0.05, 0) is 36.6 Å². The summed E-state index contributed by atoms with van der Waals surface area (Å²) in [6.07, 6.45) is 3.68. The third-order valence-corrected chi connectivity index (χ3v) is 7.43. The van der Waals surface area contributed by atoms with Gasteiger partial charge in [-0.3, -0.25) is 9.69 Å². The number of nitrogens with one attached hydrogen (secondary N) is 1. The van der Waals surface area contributed by atoms with Gasteiger partial charge in [-0.1, -0.05) is 67.8 Å². The lowest BCUT2D eigenvalue weighted by Gasteiger charge is -2.34. The normalized spacial score (nSPS) is 20.5. The Morgan fingerprint density at radius 2 is 1.60 bits per heavy atom. The van der Waals surface area contributed by atoms with Crippen molar-refractivity contribution in [2.24, 2.45) is 5.73 Å². The van der Waals surface area contributed by atoms with Crippen LogP contribution >= 0.6 is 0 Å². The number of nitriles is 1. The van der Waals surface area contributed by atoms with E-state index in [1.807, 2.05) is 53.4 Å². The number of rotatable bonds is 7. The number of hydrogen-bond acceptors (Lipinski definition) is 5. The number of nitrogens with two attached hydrogens (primary N) is 1. The molecule has 1 amide bonds. The second kappa shape index (κ2) is 11.3. The Balaban J connectivity index is 1.35. The van der Waals surface area contributed by atoms with Crippen molar-refractivity contribution in [2.45, 2.75) is 56.4 Å². The largest absolute Gasteiger partial charge is 0.338 e. The Morgan fingerprint density at radius 1 is 1.03 bits per heavy atom. The first-order chi connectivity index (χ1) is 16.9. The van der Waals surface area contributed by atoms with Crippen molar-refractivity contribution >= 4 is 5.91 Å². The number of nitrogens with zero attached hydrogens (tertiary/aromatic N) is 3. The quantitative estimate of drug-likeness (QED) is 0.593. The summed E-state index contributed by atoms with van der Waals surface area (Å²) in [5.41, 5.74) is 9.14. The number of benzene rings is 2. The maximum atomic E-state index is 15.0. The molecule has 7 heteroatoms. The summed E-state index contributed by atoms with van der Waals surface area (Å²) in [6.45, 7) is 3.23. The van der Waals surface area contributed by atoms with Crippen molar-refractivity contribution in [3.05, 3.63) is 59.7 Å². The van der Waals surface area contributed by atoms with E-state index in [0.29, 0.717) is 24.8 Å². The molecule has 1 aliphatic heterocycles. The van der Waals surface area contributed by atoms with Gasteiger partial charge in [-0.25, -0.2) is 4.39 Å². The monoisotopic (exact) mass is 477 g/mol. The number of alkyl halides is 1. The molecular formula is C28H36FN5O. The lowest BCUT2D eigenvalue weighted by atomic mass is 9.81. The van der Waals surface area contributed by atoms with Crippen LogP contribution in [-0.2, 0) is 11.2 Å². The van der Waals surface area contributed by atoms with E-state index < -0.39 is 17.9 Å². The molecule has 2 aromatic rings. The van der Waals surface area contributed by atoms with Gasteiger partial charge >= 0.3 is 0 Å². The molecule has 2 fully saturated rings. The Morgan fingerprint density at radius 3 is 2.17 bits per heavy atom. The molecule has 1 heterocycles. The zero-order chi connectivity index (χ0) is 24.8. The molecule has 0 spiro atoms. The molecule has 0 radical (unpaired) electrons. The van der Waals surface area contributed by atoms with Crippen molar-refractivity contribution in [2.75, 3.05) is 33.2 Å². The highest BCUT2D eigenvalue weighted by molar-refractivity contribution is 5.86. The number of likely N-dealkylation sites (N-methyl/N-ethyl adjacent to an activating group) is 1. The third kappa shape index (κ3) is 6.26. The van der Waals surface area contributed by atoms with Gasteiger partial charge in [0.25, 0.3) is 0 Å². The van der Waals surface area contributed by atoms with Gasteiger partial charge in [0, 0.05) is 38.2 Å². The lowest BCUT2D eigenvalue weighted by Crippen LogP contribution is -2.57. The van der Waals surface area contributed by atoms with Crippen LogP contribution in [0.2, 0.25) is 0 Å².